The molecule has 4 rings (SSSR count). The van der Waals surface area contributed by atoms with Gasteiger partial charge in [0.15, 0.2) is 11.5 Å². The van der Waals surface area contributed by atoms with Gasteiger partial charge in [0.2, 0.25) is 0 Å². The fourth-order valence-corrected chi connectivity index (χ4v) is 2.89. The van der Waals surface area contributed by atoms with E-state index in [0.29, 0.717) is 30.3 Å². The van der Waals surface area contributed by atoms with Crippen molar-refractivity contribution < 1.29 is 14.3 Å². The summed E-state index contributed by atoms with van der Waals surface area (Å²) in [6.07, 6.45) is 2.48. The maximum Gasteiger partial charge on any atom is 0.271 e. The first-order chi connectivity index (χ1) is 12.8. The highest BCUT2D eigenvalue weighted by atomic mass is 16.5. The van der Waals surface area contributed by atoms with Gasteiger partial charge in [0.1, 0.15) is 0 Å². The molecule has 1 aliphatic heterocycles. The molecule has 0 aromatic heterocycles. The van der Waals surface area contributed by atoms with Crippen molar-refractivity contribution in [2.45, 2.75) is 6.42 Å². The molecule has 0 spiro atoms. The lowest BCUT2D eigenvalue weighted by Crippen LogP contribution is -2.17. The summed E-state index contributed by atoms with van der Waals surface area (Å²) in [4.78, 5) is 12.3. The second-order valence-electron chi connectivity index (χ2n) is 5.98. The predicted molar refractivity (Wildman–Crippen MR) is 101 cm³/mol. The van der Waals surface area contributed by atoms with E-state index < -0.39 is 0 Å². The minimum Gasteiger partial charge on any atom is -0.490 e. The van der Waals surface area contributed by atoms with Gasteiger partial charge in [-0.1, -0.05) is 42.5 Å². The van der Waals surface area contributed by atoms with Crippen molar-refractivity contribution in [2.24, 2.45) is 5.10 Å². The summed E-state index contributed by atoms with van der Waals surface area (Å²) < 4.78 is 11.2. The van der Waals surface area contributed by atoms with Gasteiger partial charge in [0.25, 0.3) is 5.91 Å². The number of fused-ring (bicyclic) bond motifs is 2. The molecule has 130 valence electrons. The average molecular weight is 346 g/mol. The average Bonchev–Trinajstić information content (AvgIpc) is 2.93. The topological polar surface area (TPSA) is 59.9 Å². The van der Waals surface area contributed by atoms with Gasteiger partial charge in [0, 0.05) is 17.5 Å². The van der Waals surface area contributed by atoms with Crippen LogP contribution in [0, 0.1) is 0 Å². The Kier molecular flexibility index (Phi) is 4.51. The Morgan fingerprint density at radius 1 is 0.962 bits per heavy atom. The van der Waals surface area contributed by atoms with Crippen molar-refractivity contribution in [3.05, 3.63) is 71.8 Å². The van der Waals surface area contributed by atoms with Crippen LogP contribution < -0.4 is 14.9 Å². The normalized spacial score (nSPS) is 13.5. The lowest BCUT2D eigenvalue weighted by atomic mass is 10.1. The molecule has 0 aliphatic carbocycles. The van der Waals surface area contributed by atoms with Gasteiger partial charge in [-0.25, -0.2) is 5.43 Å². The lowest BCUT2D eigenvalue weighted by molar-refractivity contribution is 0.0954. The Bertz CT molecular complexity index is 977. The van der Waals surface area contributed by atoms with Gasteiger partial charge in [-0.3, -0.25) is 4.79 Å². The predicted octanol–water partition coefficient (Wildman–Crippen LogP) is 3.77. The number of hydrogen-bond acceptors (Lipinski definition) is 4. The highest BCUT2D eigenvalue weighted by molar-refractivity contribution is 6.00. The van der Waals surface area contributed by atoms with Gasteiger partial charge in [-0.15, -0.1) is 0 Å². The van der Waals surface area contributed by atoms with Crippen LogP contribution in [0.2, 0.25) is 0 Å². The molecule has 0 fully saturated rings. The second-order valence-corrected chi connectivity index (χ2v) is 5.98. The van der Waals surface area contributed by atoms with E-state index >= 15 is 0 Å². The van der Waals surface area contributed by atoms with Gasteiger partial charge in [-0.05, 0) is 29.0 Å². The summed E-state index contributed by atoms with van der Waals surface area (Å²) in [6, 6.07) is 19.2. The molecule has 1 aliphatic rings. The zero-order valence-electron chi connectivity index (χ0n) is 14.1. The van der Waals surface area contributed by atoms with Crippen LogP contribution in [0.25, 0.3) is 10.8 Å². The van der Waals surface area contributed by atoms with Crippen LogP contribution in [0.4, 0.5) is 0 Å². The van der Waals surface area contributed by atoms with E-state index in [2.05, 4.69) is 10.5 Å². The summed E-state index contributed by atoms with van der Waals surface area (Å²) in [5.74, 6) is 0.962. The molecule has 0 saturated carbocycles. The molecule has 0 atom stereocenters. The fraction of sp³-hybridized carbons (Fsp3) is 0.143. The van der Waals surface area contributed by atoms with Crippen molar-refractivity contribution in [1.29, 1.82) is 0 Å². The SMILES string of the molecule is O=C(N/N=C/c1cccc2ccccc12)c1ccc2c(c1)OCCCO2. The van der Waals surface area contributed by atoms with E-state index in [1.165, 1.54) is 0 Å². The number of hydrogen-bond donors (Lipinski definition) is 1. The Labute approximate surface area is 151 Å². The van der Waals surface area contributed by atoms with Crippen LogP contribution in [-0.4, -0.2) is 25.3 Å². The fourth-order valence-electron chi connectivity index (χ4n) is 2.89. The number of carbonyl (C=O) groups excluding carboxylic acids is 1. The number of nitrogens with one attached hydrogen (secondary N) is 1. The molecule has 0 unspecified atom stereocenters. The van der Waals surface area contributed by atoms with Gasteiger partial charge in [0.05, 0.1) is 19.4 Å². The van der Waals surface area contributed by atoms with Crippen LogP contribution in [0.5, 0.6) is 11.5 Å². The zero-order chi connectivity index (χ0) is 17.8. The Morgan fingerprint density at radius 2 is 1.77 bits per heavy atom. The van der Waals surface area contributed by atoms with Crippen LogP contribution >= 0.6 is 0 Å². The van der Waals surface area contributed by atoms with Crippen molar-refractivity contribution in [2.75, 3.05) is 13.2 Å². The molecule has 0 saturated heterocycles. The number of amides is 1. The molecule has 1 amide bonds. The molecule has 3 aromatic rings. The van der Waals surface area contributed by atoms with E-state index in [-0.39, 0.29) is 5.91 Å². The standard InChI is InChI=1S/C21H18N2O3/c24-21(16-9-10-19-20(13-16)26-12-4-11-25-19)23-22-14-17-7-3-6-15-5-1-2-8-18(15)17/h1-3,5-10,13-14H,4,11-12H2,(H,23,24)/b22-14+. The molecular weight excluding hydrogens is 328 g/mol. The highest BCUT2D eigenvalue weighted by Crippen LogP contribution is 2.30. The van der Waals surface area contributed by atoms with Gasteiger partial charge < -0.3 is 9.47 Å². The summed E-state index contributed by atoms with van der Waals surface area (Å²) in [6.45, 7) is 1.20. The van der Waals surface area contributed by atoms with Crippen LogP contribution in [0.3, 0.4) is 0 Å². The van der Waals surface area contributed by atoms with Gasteiger partial charge in [-0.2, -0.15) is 5.10 Å². The molecule has 1 N–H and O–H groups in total. The Balaban J connectivity index is 1.50. The maximum absolute atomic E-state index is 12.3. The Morgan fingerprint density at radius 3 is 2.69 bits per heavy atom. The monoisotopic (exact) mass is 346 g/mol. The number of hydrazone groups is 1. The Hall–Kier alpha value is -3.34. The van der Waals surface area contributed by atoms with E-state index in [4.69, 9.17) is 9.47 Å². The number of nitrogens with zero attached hydrogens (tertiary/aromatic N) is 1. The summed E-state index contributed by atoms with van der Waals surface area (Å²) >= 11 is 0. The molecule has 5 nitrogen and oxygen atoms in total. The van der Waals surface area contributed by atoms with E-state index in [9.17, 15) is 4.79 Å². The summed E-state index contributed by atoms with van der Waals surface area (Å²) in [5.41, 5.74) is 3.99. The first-order valence-corrected chi connectivity index (χ1v) is 8.52. The third kappa shape index (κ3) is 3.37. The first kappa shape index (κ1) is 16.1. The third-order valence-electron chi connectivity index (χ3n) is 4.20. The molecule has 0 bridgehead atoms. The molecule has 1 heterocycles. The highest BCUT2D eigenvalue weighted by Gasteiger charge is 2.13. The molecular formula is C21H18N2O3. The first-order valence-electron chi connectivity index (χ1n) is 8.52. The van der Waals surface area contributed by atoms with Crippen molar-refractivity contribution in [3.8, 4) is 11.5 Å². The third-order valence-corrected chi connectivity index (χ3v) is 4.20. The second kappa shape index (κ2) is 7.27. The number of rotatable bonds is 3. The summed E-state index contributed by atoms with van der Waals surface area (Å²) in [5, 5.41) is 6.32. The maximum atomic E-state index is 12.3. The van der Waals surface area contributed by atoms with Gasteiger partial charge >= 0.3 is 0 Å². The van der Waals surface area contributed by atoms with Crippen LogP contribution in [0.1, 0.15) is 22.3 Å². The van der Waals surface area contributed by atoms with Crippen molar-refractivity contribution in [3.63, 3.8) is 0 Å². The summed E-state index contributed by atoms with van der Waals surface area (Å²) in [7, 11) is 0. The molecule has 0 radical (unpaired) electrons. The van der Waals surface area contributed by atoms with E-state index in [1.54, 1.807) is 24.4 Å². The number of benzene rings is 3. The van der Waals surface area contributed by atoms with E-state index in [0.717, 1.165) is 22.8 Å². The van der Waals surface area contributed by atoms with E-state index in [1.807, 2.05) is 42.5 Å². The smallest absolute Gasteiger partial charge is 0.271 e. The largest absolute Gasteiger partial charge is 0.490 e. The quantitative estimate of drug-likeness (QED) is 0.580. The number of carbonyl (C=O) groups is 1. The van der Waals surface area contributed by atoms with Crippen LogP contribution in [-0.2, 0) is 0 Å². The van der Waals surface area contributed by atoms with Crippen LogP contribution in [0.15, 0.2) is 65.8 Å². The molecule has 3 aromatic carbocycles. The zero-order valence-corrected chi connectivity index (χ0v) is 14.1. The molecule has 5 heteroatoms. The number of ether oxygens (including phenoxy) is 2. The minimum atomic E-state index is -0.294. The lowest BCUT2D eigenvalue weighted by Gasteiger charge is -2.08. The van der Waals surface area contributed by atoms with Crippen molar-refractivity contribution in [1.82, 2.24) is 5.43 Å². The minimum absolute atomic E-state index is 0.294. The molecule has 26 heavy (non-hydrogen) atoms. The van der Waals surface area contributed by atoms with Crippen molar-refractivity contribution >= 4 is 22.9 Å².